The molecule has 7 heteroatoms. The zero-order valence-electron chi connectivity index (χ0n) is 12.1. The minimum Gasteiger partial charge on any atom is -0.493 e. The van der Waals surface area contributed by atoms with Crippen LogP contribution in [0.15, 0.2) is 24.4 Å². The van der Waals surface area contributed by atoms with Crippen molar-refractivity contribution in [3.63, 3.8) is 0 Å². The number of nitrogens with zero attached hydrogens (tertiary/aromatic N) is 3. The Hall–Kier alpha value is -2.29. The number of halogens is 2. The van der Waals surface area contributed by atoms with Crippen LogP contribution in [0.1, 0.15) is 5.56 Å². The Morgan fingerprint density at radius 2 is 2.09 bits per heavy atom. The van der Waals surface area contributed by atoms with E-state index in [0.29, 0.717) is 51.1 Å². The second-order valence-corrected chi connectivity index (χ2v) is 5.45. The summed E-state index contributed by atoms with van der Waals surface area (Å²) in [5.74, 6) is 1.51. The lowest BCUT2D eigenvalue weighted by molar-refractivity contribution is 0.313. The molecule has 0 radical (unpaired) electrons. The Morgan fingerprint density at radius 3 is 2.78 bits per heavy atom. The van der Waals surface area contributed by atoms with Crippen molar-refractivity contribution < 1.29 is 9.47 Å². The third-order valence-electron chi connectivity index (χ3n) is 3.32. The molecule has 0 aliphatic heterocycles. The van der Waals surface area contributed by atoms with Gasteiger partial charge in [-0.15, -0.1) is 11.6 Å². The van der Waals surface area contributed by atoms with Crippen LogP contribution in [-0.2, 0) is 0 Å². The quantitative estimate of drug-likeness (QED) is 0.528. The third-order valence-corrected chi connectivity index (χ3v) is 3.89. The first-order valence-electron chi connectivity index (χ1n) is 6.73. The number of hydrogen-bond acceptors (Lipinski definition) is 5. The second kappa shape index (κ2) is 6.45. The summed E-state index contributed by atoms with van der Waals surface area (Å²) in [4.78, 5) is 8.67. The normalized spacial score (nSPS) is 10.7. The van der Waals surface area contributed by atoms with Gasteiger partial charge in [0.25, 0.3) is 0 Å². The number of fused-ring (bicyclic) bond motifs is 2. The molecule has 0 saturated carbocycles. The Kier molecular flexibility index (Phi) is 4.37. The van der Waals surface area contributed by atoms with Gasteiger partial charge in [-0.2, -0.15) is 5.26 Å². The Labute approximate surface area is 142 Å². The molecule has 3 rings (SSSR count). The van der Waals surface area contributed by atoms with E-state index in [-0.39, 0.29) is 0 Å². The summed E-state index contributed by atoms with van der Waals surface area (Å²) < 4.78 is 10.9. The molecule has 2 aromatic heterocycles. The van der Waals surface area contributed by atoms with E-state index in [1.54, 1.807) is 19.2 Å². The Balaban J connectivity index is 2.25. The molecule has 3 aromatic rings. The topological polar surface area (TPSA) is 68.0 Å². The van der Waals surface area contributed by atoms with Crippen molar-refractivity contribution in [2.24, 2.45) is 0 Å². The number of alkyl halides is 1. The zero-order valence-corrected chi connectivity index (χ0v) is 13.6. The van der Waals surface area contributed by atoms with Gasteiger partial charge in [0, 0.05) is 23.0 Å². The van der Waals surface area contributed by atoms with Crippen LogP contribution in [0.4, 0.5) is 0 Å². The molecule has 0 atom stereocenters. The van der Waals surface area contributed by atoms with Crippen molar-refractivity contribution in [2.45, 2.75) is 0 Å². The lowest BCUT2D eigenvalue weighted by Crippen LogP contribution is -2.00. The summed E-state index contributed by atoms with van der Waals surface area (Å²) in [6, 6.07) is 7.42. The smallest absolute Gasteiger partial charge is 0.163 e. The second-order valence-electron chi connectivity index (χ2n) is 4.69. The van der Waals surface area contributed by atoms with Crippen molar-refractivity contribution in [1.82, 2.24) is 9.97 Å². The molecule has 0 fully saturated rings. The maximum absolute atomic E-state index is 9.05. The van der Waals surface area contributed by atoms with Crippen LogP contribution >= 0.6 is 23.2 Å². The summed E-state index contributed by atoms with van der Waals surface area (Å²) in [7, 11) is 1.56. The molecule has 0 unspecified atom stereocenters. The first kappa shape index (κ1) is 15.6. The number of hydrogen-bond donors (Lipinski definition) is 0. The molecular formula is C16H11Cl2N3O2. The minimum atomic E-state index is 0.314. The predicted octanol–water partition coefficient (Wildman–Crippen LogP) is 3.93. The molecule has 116 valence electrons. The first-order chi connectivity index (χ1) is 11.2. The summed E-state index contributed by atoms with van der Waals surface area (Å²) >= 11 is 11.9. The highest BCUT2D eigenvalue weighted by Gasteiger charge is 2.12. The van der Waals surface area contributed by atoms with Gasteiger partial charge in [-0.3, -0.25) is 0 Å². The van der Waals surface area contributed by atoms with Gasteiger partial charge in [-0.05, 0) is 12.1 Å². The van der Waals surface area contributed by atoms with E-state index in [4.69, 9.17) is 37.9 Å². The summed E-state index contributed by atoms with van der Waals surface area (Å²) in [5, 5.41) is 10.8. The average Bonchev–Trinajstić information content (AvgIpc) is 2.58. The van der Waals surface area contributed by atoms with Crippen LogP contribution in [0.5, 0.6) is 11.5 Å². The molecule has 0 saturated heterocycles. The largest absolute Gasteiger partial charge is 0.493 e. The number of ether oxygens (including phenoxy) is 2. The van der Waals surface area contributed by atoms with E-state index in [1.807, 2.05) is 12.1 Å². The van der Waals surface area contributed by atoms with Crippen molar-refractivity contribution in [3.8, 4) is 17.6 Å². The van der Waals surface area contributed by atoms with Gasteiger partial charge in [0.05, 0.1) is 29.1 Å². The van der Waals surface area contributed by atoms with Gasteiger partial charge >= 0.3 is 0 Å². The number of rotatable bonds is 4. The number of nitriles is 1. The van der Waals surface area contributed by atoms with Crippen LogP contribution in [0.25, 0.3) is 21.9 Å². The lowest BCUT2D eigenvalue weighted by Gasteiger charge is -2.11. The third kappa shape index (κ3) is 2.83. The van der Waals surface area contributed by atoms with E-state index in [9.17, 15) is 0 Å². The van der Waals surface area contributed by atoms with Crippen LogP contribution in [0.3, 0.4) is 0 Å². The maximum Gasteiger partial charge on any atom is 0.163 e. The summed E-state index contributed by atoms with van der Waals surface area (Å²) in [6.45, 7) is 0.368. The van der Waals surface area contributed by atoms with Crippen LogP contribution in [-0.4, -0.2) is 29.6 Å². The van der Waals surface area contributed by atoms with E-state index in [1.165, 1.54) is 6.20 Å². The fraction of sp³-hybridized carbons (Fsp3) is 0.188. The van der Waals surface area contributed by atoms with E-state index in [2.05, 4.69) is 9.97 Å². The van der Waals surface area contributed by atoms with E-state index >= 15 is 0 Å². The SMILES string of the molecule is COc1cc2cc3c(Cl)c(C#N)cnc3nc2cc1OCCCl. The maximum atomic E-state index is 9.05. The fourth-order valence-corrected chi connectivity index (χ4v) is 2.57. The number of pyridine rings is 2. The monoisotopic (exact) mass is 347 g/mol. The van der Waals surface area contributed by atoms with Gasteiger partial charge in [0.15, 0.2) is 17.1 Å². The number of methoxy groups -OCH3 is 1. The Bertz CT molecular complexity index is 938. The molecule has 0 amide bonds. The van der Waals surface area contributed by atoms with Crippen molar-refractivity contribution in [2.75, 3.05) is 19.6 Å². The molecule has 1 aromatic carbocycles. The van der Waals surface area contributed by atoms with Crippen LogP contribution in [0.2, 0.25) is 5.02 Å². The van der Waals surface area contributed by atoms with E-state index in [0.717, 1.165) is 5.39 Å². The molecular weight excluding hydrogens is 337 g/mol. The molecule has 2 heterocycles. The molecule has 0 aliphatic carbocycles. The highest BCUT2D eigenvalue weighted by atomic mass is 35.5. The van der Waals surface area contributed by atoms with Crippen LogP contribution < -0.4 is 9.47 Å². The minimum absolute atomic E-state index is 0.314. The Morgan fingerprint density at radius 1 is 1.26 bits per heavy atom. The molecule has 0 bridgehead atoms. The summed E-state index contributed by atoms with van der Waals surface area (Å²) in [5.41, 5.74) is 1.47. The molecule has 23 heavy (non-hydrogen) atoms. The summed E-state index contributed by atoms with van der Waals surface area (Å²) in [6.07, 6.45) is 1.41. The zero-order chi connectivity index (χ0) is 16.4. The number of aromatic nitrogens is 2. The van der Waals surface area contributed by atoms with Crippen LogP contribution in [0, 0.1) is 11.3 Å². The first-order valence-corrected chi connectivity index (χ1v) is 7.65. The molecule has 5 nitrogen and oxygen atoms in total. The van der Waals surface area contributed by atoms with E-state index < -0.39 is 0 Å². The van der Waals surface area contributed by atoms with Gasteiger partial charge in [0.1, 0.15) is 12.7 Å². The molecule has 0 spiro atoms. The molecule has 0 aliphatic rings. The average molecular weight is 348 g/mol. The lowest BCUT2D eigenvalue weighted by atomic mass is 10.1. The molecule has 0 N–H and O–H groups in total. The van der Waals surface area contributed by atoms with Gasteiger partial charge in [-0.25, -0.2) is 9.97 Å². The van der Waals surface area contributed by atoms with Gasteiger partial charge in [0.2, 0.25) is 0 Å². The van der Waals surface area contributed by atoms with Gasteiger partial charge in [-0.1, -0.05) is 11.6 Å². The van der Waals surface area contributed by atoms with Crippen molar-refractivity contribution in [1.29, 1.82) is 5.26 Å². The highest BCUT2D eigenvalue weighted by molar-refractivity contribution is 6.36. The standard InChI is InChI=1S/C16H11Cl2N3O2/c1-22-13-5-9-4-11-15(18)10(7-19)8-20-16(11)21-12(9)6-14(13)23-3-2-17/h4-6,8H,2-3H2,1H3. The van der Waals surface area contributed by atoms with Crippen molar-refractivity contribution in [3.05, 3.63) is 35.0 Å². The predicted molar refractivity (Wildman–Crippen MR) is 89.5 cm³/mol. The van der Waals surface area contributed by atoms with Crippen molar-refractivity contribution >= 4 is 45.1 Å². The fourth-order valence-electron chi connectivity index (χ4n) is 2.26. The number of benzene rings is 1. The van der Waals surface area contributed by atoms with Gasteiger partial charge < -0.3 is 9.47 Å². The highest BCUT2D eigenvalue weighted by Crippen LogP contribution is 2.34.